The van der Waals surface area contributed by atoms with Gasteiger partial charge in [-0.2, -0.15) is 0 Å². The van der Waals surface area contributed by atoms with Gasteiger partial charge in [0.2, 0.25) is 0 Å². The molecule has 1 N–H and O–H groups in total. The van der Waals surface area contributed by atoms with E-state index < -0.39 is 24.6 Å². The molecule has 5 nitrogen and oxygen atoms in total. The molecule has 1 fully saturated rings. The van der Waals surface area contributed by atoms with Crippen molar-refractivity contribution in [2.75, 3.05) is 6.61 Å². The van der Waals surface area contributed by atoms with Gasteiger partial charge in [0.1, 0.15) is 18.3 Å². The highest BCUT2D eigenvalue weighted by atomic mass is 16.7. The van der Waals surface area contributed by atoms with Crippen LogP contribution in [0.1, 0.15) is 16.7 Å². The lowest BCUT2D eigenvalue weighted by atomic mass is 10.1. The van der Waals surface area contributed by atoms with Crippen molar-refractivity contribution in [3.8, 4) is 0 Å². The van der Waals surface area contributed by atoms with Crippen LogP contribution in [0, 0.1) is 0 Å². The van der Waals surface area contributed by atoms with Crippen molar-refractivity contribution in [2.24, 2.45) is 0 Å². The molecule has 4 rings (SSSR count). The van der Waals surface area contributed by atoms with Gasteiger partial charge in [0.05, 0.1) is 26.4 Å². The quantitative estimate of drug-likeness (QED) is 0.535. The van der Waals surface area contributed by atoms with Crippen LogP contribution in [0.5, 0.6) is 0 Å². The van der Waals surface area contributed by atoms with Crippen molar-refractivity contribution in [1.29, 1.82) is 0 Å². The van der Waals surface area contributed by atoms with Crippen LogP contribution in [0.4, 0.5) is 0 Å². The molecule has 5 heteroatoms. The van der Waals surface area contributed by atoms with Crippen molar-refractivity contribution in [1.82, 2.24) is 0 Å². The largest absolute Gasteiger partial charge is 0.374 e. The lowest BCUT2D eigenvalue weighted by molar-refractivity contribution is -0.153. The molecule has 1 heterocycles. The molecule has 3 aromatic rings. The fourth-order valence-electron chi connectivity index (χ4n) is 3.62. The zero-order chi connectivity index (χ0) is 21.3. The van der Waals surface area contributed by atoms with Gasteiger partial charge in [-0.15, -0.1) is 0 Å². The summed E-state index contributed by atoms with van der Waals surface area (Å²) in [6, 6.07) is 29.8. The zero-order valence-corrected chi connectivity index (χ0v) is 17.4. The normalized spacial score (nSPS) is 23.1. The molecule has 162 valence electrons. The number of ether oxygens (including phenoxy) is 4. The summed E-state index contributed by atoms with van der Waals surface area (Å²) in [5, 5.41) is 10.5. The predicted molar refractivity (Wildman–Crippen MR) is 117 cm³/mol. The maximum atomic E-state index is 10.5. The number of hydrogen-bond donors (Lipinski definition) is 1. The Morgan fingerprint density at radius 1 is 0.613 bits per heavy atom. The van der Waals surface area contributed by atoms with Gasteiger partial charge in [0.15, 0.2) is 6.29 Å². The third-order valence-corrected chi connectivity index (χ3v) is 5.25. The fourth-order valence-corrected chi connectivity index (χ4v) is 3.62. The van der Waals surface area contributed by atoms with Crippen LogP contribution >= 0.6 is 0 Å². The van der Waals surface area contributed by atoms with E-state index in [9.17, 15) is 5.11 Å². The molecule has 1 aliphatic heterocycles. The van der Waals surface area contributed by atoms with E-state index in [4.69, 9.17) is 18.9 Å². The summed E-state index contributed by atoms with van der Waals surface area (Å²) in [7, 11) is 0. The van der Waals surface area contributed by atoms with Crippen molar-refractivity contribution in [3.05, 3.63) is 108 Å². The van der Waals surface area contributed by atoms with Crippen molar-refractivity contribution in [2.45, 2.75) is 44.4 Å². The summed E-state index contributed by atoms with van der Waals surface area (Å²) in [5.41, 5.74) is 3.16. The molecule has 0 saturated carbocycles. The third kappa shape index (κ3) is 6.23. The van der Waals surface area contributed by atoms with Gasteiger partial charge >= 0.3 is 0 Å². The van der Waals surface area contributed by atoms with Gasteiger partial charge < -0.3 is 24.1 Å². The molecule has 31 heavy (non-hydrogen) atoms. The lowest BCUT2D eigenvalue weighted by Gasteiger charge is -2.24. The Kier molecular flexibility index (Phi) is 7.82. The summed E-state index contributed by atoms with van der Waals surface area (Å²) >= 11 is 0. The number of aliphatic hydroxyl groups excluding tert-OH is 1. The summed E-state index contributed by atoms with van der Waals surface area (Å²) < 4.78 is 23.9. The average molecular weight is 421 g/mol. The van der Waals surface area contributed by atoms with Crippen molar-refractivity contribution < 1.29 is 24.1 Å². The molecule has 0 aromatic heterocycles. The Morgan fingerprint density at radius 2 is 1.06 bits per heavy atom. The predicted octanol–water partition coefficient (Wildman–Crippen LogP) is 4.09. The van der Waals surface area contributed by atoms with E-state index >= 15 is 0 Å². The highest BCUT2D eigenvalue weighted by Gasteiger charge is 2.45. The van der Waals surface area contributed by atoms with E-state index in [0.717, 1.165) is 16.7 Å². The van der Waals surface area contributed by atoms with E-state index in [1.165, 1.54) is 0 Å². The first-order chi connectivity index (χ1) is 15.3. The Bertz CT molecular complexity index is 887. The highest BCUT2D eigenvalue weighted by molar-refractivity contribution is 5.15. The van der Waals surface area contributed by atoms with Crippen LogP contribution in [0.2, 0.25) is 0 Å². The number of aliphatic hydroxyl groups is 1. The molecule has 0 radical (unpaired) electrons. The summed E-state index contributed by atoms with van der Waals surface area (Å²) in [6.07, 6.45) is -2.55. The highest BCUT2D eigenvalue weighted by Crippen LogP contribution is 2.28. The molecule has 0 bridgehead atoms. The van der Waals surface area contributed by atoms with E-state index in [0.29, 0.717) is 26.4 Å². The molecule has 1 saturated heterocycles. The second-order valence-electron chi connectivity index (χ2n) is 7.59. The van der Waals surface area contributed by atoms with Crippen LogP contribution < -0.4 is 0 Å². The van der Waals surface area contributed by atoms with E-state index in [-0.39, 0.29) is 0 Å². The second kappa shape index (κ2) is 11.2. The standard InChI is InChI=1S/C26H28O5/c27-26-25(30-18-22-14-8-3-9-15-22)24(29-17-21-12-6-2-7-13-21)23(31-26)19-28-16-20-10-4-1-5-11-20/h1-15,23-27H,16-19H2/t23-,24-,25-,26-/m1/s1. The Morgan fingerprint density at radius 3 is 1.58 bits per heavy atom. The molecule has 3 aromatic carbocycles. The summed E-state index contributed by atoms with van der Waals surface area (Å²) in [5.74, 6) is 0. The van der Waals surface area contributed by atoms with Gasteiger partial charge in [-0.1, -0.05) is 91.0 Å². The Labute approximate surface area is 183 Å². The van der Waals surface area contributed by atoms with Crippen molar-refractivity contribution in [3.63, 3.8) is 0 Å². The van der Waals surface area contributed by atoms with Crippen LogP contribution in [-0.4, -0.2) is 36.3 Å². The van der Waals surface area contributed by atoms with Gasteiger partial charge in [-0.3, -0.25) is 0 Å². The van der Waals surface area contributed by atoms with E-state index in [2.05, 4.69) is 0 Å². The second-order valence-corrected chi connectivity index (χ2v) is 7.59. The van der Waals surface area contributed by atoms with Crippen LogP contribution in [0.3, 0.4) is 0 Å². The first-order valence-corrected chi connectivity index (χ1v) is 10.6. The number of hydrogen-bond acceptors (Lipinski definition) is 5. The van der Waals surface area contributed by atoms with Gasteiger partial charge in [-0.05, 0) is 16.7 Å². The topological polar surface area (TPSA) is 57.2 Å². The molecule has 0 amide bonds. The first kappa shape index (κ1) is 21.7. The molecular weight excluding hydrogens is 392 g/mol. The summed E-state index contributed by atoms with van der Waals surface area (Å²) in [4.78, 5) is 0. The summed E-state index contributed by atoms with van der Waals surface area (Å²) in [6.45, 7) is 1.55. The van der Waals surface area contributed by atoms with E-state index in [1.807, 2.05) is 91.0 Å². The minimum atomic E-state index is -1.07. The van der Waals surface area contributed by atoms with Gasteiger partial charge in [0.25, 0.3) is 0 Å². The first-order valence-electron chi connectivity index (χ1n) is 10.6. The SMILES string of the molecule is O[C@@H]1O[C@H](COCc2ccccc2)[C@@H](OCc2ccccc2)[C@H]1OCc1ccccc1. The van der Waals surface area contributed by atoms with Crippen molar-refractivity contribution >= 4 is 0 Å². The zero-order valence-electron chi connectivity index (χ0n) is 17.4. The Balaban J connectivity index is 1.39. The monoisotopic (exact) mass is 420 g/mol. The smallest absolute Gasteiger partial charge is 0.184 e. The fraction of sp³-hybridized carbons (Fsp3) is 0.308. The maximum Gasteiger partial charge on any atom is 0.184 e. The molecular formula is C26H28O5. The minimum absolute atomic E-state index is 0.302. The molecule has 0 unspecified atom stereocenters. The Hall–Kier alpha value is -2.54. The minimum Gasteiger partial charge on any atom is -0.374 e. The van der Waals surface area contributed by atoms with Crippen LogP contribution in [-0.2, 0) is 38.8 Å². The van der Waals surface area contributed by atoms with Gasteiger partial charge in [0, 0.05) is 0 Å². The molecule has 4 atom stereocenters. The number of rotatable bonds is 10. The number of benzene rings is 3. The maximum absolute atomic E-state index is 10.5. The van der Waals surface area contributed by atoms with Gasteiger partial charge in [-0.25, -0.2) is 0 Å². The third-order valence-electron chi connectivity index (χ3n) is 5.25. The lowest BCUT2D eigenvalue weighted by Crippen LogP contribution is -2.39. The molecule has 1 aliphatic rings. The van der Waals surface area contributed by atoms with Crippen LogP contribution in [0.15, 0.2) is 91.0 Å². The van der Waals surface area contributed by atoms with Crippen LogP contribution in [0.25, 0.3) is 0 Å². The average Bonchev–Trinajstić information content (AvgIpc) is 3.12. The van der Waals surface area contributed by atoms with E-state index in [1.54, 1.807) is 0 Å². The molecule has 0 aliphatic carbocycles. The molecule has 0 spiro atoms.